The number of fused-ring (bicyclic) bond motifs is 1. The predicted octanol–water partition coefficient (Wildman–Crippen LogP) is 3.81. The Balaban J connectivity index is 1.94. The maximum atomic E-state index is 15.0. The highest BCUT2D eigenvalue weighted by molar-refractivity contribution is 5.95. The van der Waals surface area contributed by atoms with Crippen LogP contribution in [0.2, 0.25) is 0 Å². The normalized spacial score (nSPS) is 11.7. The number of hydrogen-bond acceptors (Lipinski definition) is 6. The van der Waals surface area contributed by atoms with E-state index in [2.05, 4.69) is 21.3 Å². The van der Waals surface area contributed by atoms with Gasteiger partial charge in [0.1, 0.15) is 23.2 Å². The molecule has 2 aromatic heterocycles. The van der Waals surface area contributed by atoms with Crippen LogP contribution in [0.15, 0.2) is 65.6 Å². The zero-order chi connectivity index (χ0) is 27.2. The minimum atomic E-state index is -1.04. The maximum Gasteiger partial charge on any atom is 0.298 e. The molecule has 10 heteroatoms. The van der Waals surface area contributed by atoms with E-state index in [1.807, 2.05) is 6.07 Å². The van der Waals surface area contributed by atoms with Crippen LogP contribution in [0.4, 0.5) is 14.5 Å². The van der Waals surface area contributed by atoms with Crippen LogP contribution < -0.4 is 16.7 Å². The summed E-state index contributed by atoms with van der Waals surface area (Å²) in [6, 6.07) is 13.3. The monoisotopic (exact) mass is 516 g/mol. The number of hydrogen-bond donors (Lipinski definition) is 2. The largest absolute Gasteiger partial charge is 0.330 e. The third-order valence-corrected chi connectivity index (χ3v) is 6.02. The summed E-state index contributed by atoms with van der Waals surface area (Å²) in [5.74, 6) is -0.308. The van der Waals surface area contributed by atoms with Gasteiger partial charge in [0, 0.05) is 19.2 Å². The van der Waals surface area contributed by atoms with E-state index in [1.165, 1.54) is 28.8 Å². The highest BCUT2D eigenvalue weighted by Gasteiger charge is 2.33. The summed E-state index contributed by atoms with van der Waals surface area (Å²) >= 11 is 0. The van der Waals surface area contributed by atoms with Crippen LogP contribution >= 0.6 is 0 Å². The van der Waals surface area contributed by atoms with Crippen LogP contribution in [-0.2, 0) is 0 Å². The number of halogens is 2. The van der Waals surface area contributed by atoms with E-state index in [4.69, 9.17) is 12.2 Å². The number of pyridine rings is 1. The summed E-state index contributed by atoms with van der Waals surface area (Å²) in [6.07, 6.45) is 7.39. The number of nitrogens with zero attached hydrogens (tertiary/aromatic N) is 4. The Morgan fingerprint density at radius 3 is 2.66 bits per heavy atom. The van der Waals surface area contributed by atoms with Crippen molar-refractivity contribution in [1.82, 2.24) is 19.5 Å². The molecular weight excluding hydrogens is 490 g/mol. The number of aromatic nitrogens is 3. The van der Waals surface area contributed by atoms with Gasteiger partial charge in [0.15, 0.2) is 11.3 Å². The lowest BCUT2D eigenvalue weighted by atomic mass is 10.0. The van der Waals surface area contributed by atoms with Gasteiger partial charge in [-0.25, -0.2) is 23.4 Å². The first-order valence-corrected chi connectivity index (χ1v) is 12.0. The molecule has 0 saturated carbocycles. The zero-order valence-corrected chi connectivity index (χ0v) is 20.7. The Bertz CT molecular complexity index is 1570. The van der Waals surface area contributed by atoms with Crippen molar-refractivity contribution in [1.29, 1.82) is 0 Å². The number of amides is 1. The van der Waals surface area contributed by atoms with E-state index < -0.39 is 34.7 Å². The highest BCUT2D eigenvalue weighted by Crippen LogP contribution is 2.28. The fourth-order valence-electron chi connectivity index (χ4n) is 4.12. The van der Waals surface area contributed by atoms with Gasteiger partial charge >= 0.3 is 0 Å². The Kier molecular flexibility index (Phi) is 8.09. The number of rotatable bonds is 9. The van der Waals surface area contributed by atoms with Crippen molar-refractivity contribution >= 4 is 22.6 Å². The first-order valence-electron chi connectivity index (χ1n) is 12.0. The number of nitrogens with two attached hydrogens (primary N) is 1. The molecule has 1 amide bonds. The Morgan fingerprint density at radius 2 is 1.95 bits per heavy atom. The van der Waals surface area contributed by atoms with Crippen LogP contribution in [0, 0.1) is 30.9 Å². The van der Waals surface area contributed by atoms with Gasteiger partial charge in [-0.15, -0.1) is 12.3 Å². The van der Waals surface area contributed by atoms with E-state index >= 15 is 4.39 Å². The standard InChI is InChI=1S/C28H26F2N6O2/c1-3-9-22(35(17-8-15-31)27(37)23-20(29)14-13-18(2)24(23)30)26-33-21-12-7-16-32-25(21)28(38)36(26)34-19-10-5-4-6-11-19/h1,4-7,10-14,16,22,34H,8-9,15,17,31H2,2H3. The molecule has 0 aliphatic rings. The van der Waals surface area contributed by atoms with Gasteiger partial charge < -0.3 is 10.6 Å². The van der Waals surface area contributed by atoms with Gasteiger partial charge in [0.05, 0.1) is 11.2 Å². The molecule has 0 bridgehead atoms. The molecule has 4 rings (SSSR count). The lowest BCUT2D eigenvalue weighted by Gasteiger charge is -2.32. The zero-order valence-electron chi connectivity index (χ0n) is 20.7. The number of aryl methyl sites for hydroxylation is 1. The van der Waals surface area contributed by atoms with E-state index in [0.717, 1.165) is 6.07 Å². The van der Waals surface area contributed by atoms with Crippen molar-refractivity contribution in [2.75, 3.05) is 18.5 Å². The number of anilines is 1. The molecule has 4 aromatic rings. The molecule has 194 valence electrons. The molecule has 8 nitrogen and oxygen atoms in total. The summed E-state index contributed by atoms with van der Waals surface area (Å²) in [7, 11) is 0. The van der Waals surface area contributed by atoms with Crippen molar-refractivity contribution in [2.45, 2.75) is 25.8 Å². The Labute approximate surface area is 218 Å². The summed E-state index contributed by atoms with van der Waals surface area (Å²) in [5.41, 5.74) is 8.54. The second-order valence-electron chi connectivity index (χ2n) is 8.58. The molecule has 1 atom stereocenters. The van der Waals surface area contributed by atoms with Crippen LogP contribution in [0.1, 0.15) is 40.6 Å². The van der Waals surface area contributed by atoms with E-state index in [1.54, 1.807) is 36.4 Å². The van der Waals surface area contributed by atoms with Crippen molar-refractivity contribution in [3.63, 3.8) is 0 Å². The summed E-state index contributed by atoms with van der Waals surface area (Å²) in [6.45, 7) is 1.66. The number of terminal acetylenes is 1. The lowest BCUT2D eigenvalue weighted by molar-refractivity contribution is 0.0656. The van der Waals surface area contributed by atoms with Crippen molar-refractivity contribution in [3.05, 3.63) is 99.7 Å². The molecule has 1 unspecified atom stereocenters. The molecule has 0 aliphatic carbocycles. The van der Waals surface area contributed by atoms with Crippen molar-refractivity contribution < 1.29 is 13.6 Å². The quantitative estimate of drug-likeness (QED) is 0.328. The number of carbonyl (C=O) groups is 1. The van der Waals surface area contributed by atoms with Crippen LogP contribution in [0.3, 0.4) is 0 Å². The first-order chi connectivity index (χ1) is 18.4. The minimum absolute atomic E-state index is 0.0147. The fourth-order valence-corrected chi connectivity index (χ4v) is 4.12. The molecule has 38 heavy (non-hydrogen) atoms. The third-order valence-electron chi connectivity index (χ3n) is 6.02. The molecule has 0 spiro atoms. The SMILES string of the molecule is C#CCC(c1nc2cccnc2c(=O)n1Nc1ccccc1)N(CCCN)C(=O)c1c(F)ccc(C)c1F. The van der Waals surface area contributed by atoms with Gasteiger partial charge in [-0.3, -0.25) is 15.0 Å². The second-order valence-corrected chi connectivity index (χ2v) is 8.58. The summed E-state index contributed by atoms with van der Waals surface area (Å²) in [5, 5.41) is 0. The minimum Gasteiger partial charge on any atom is -0.330 e. The van der Waals surface area contributed by atoms with Crippen molar-refractivity contribution in [2.24, 2.45) is 5.73 Å². The number of benzene rings is 2. The number of carbonyl (C=O) groups excluding carboxylic acids is 1. The molecule has 3 N–H and O–H groups in total. The maximum absolute atomic E-state index is 15.0. The lowest BCUT2D eigenvalue weighted by Crippen LogP contribution is -2.42. The Hall–Kier alpha value is -4.62. The van der Waals surface area contributed by atoms with E-state index in [0.29, 0.717) is 12.1 Å². The summed E-state index contributed by atoms with van der Waals surface area (Å²) < 4.78 is 31.0. The molecule has 2 aromatic carbocycles. The topological polar surface area (TPSA) is 106 Å². The third kappa shape index (κ3) is 5.23. The molecule has 2 heterocycles. The van der Waals surface area contributed by atoms with E-state index in [-0.39, 0.29) is 41.9 Å². The van der Waals surface area contributed by atoms with E-state index in [9.17, 15) is 14.0 Å². The molecule has 0 aliphatic heterocycles. The Morgan fingerprint density at radius 1 is 1.18 bits per heavy atom. The smallest absolute Gasteiger partial charge is 0.298 e. The van der Waals surface area contributed by atoms with Gasteiger partial charge in [-0.2, -0.15) is 0 Å². The van der Waals surface area contributed by atoms with Gasteiger partial charge in [0.25, 0.3) is 11.5 Å². The fraction of sp³-hybridized carbons (Fsp3) is 0.214. The van der Waals surface area contributed by atoms with Crippen LogP contribution in [-0.4, -0.2) is 38.5 Å². The average Bonchev–Trinajstić information content (AvgIpc) is 2.92. The number of nitrogens with one attached hydrogen (secondary N) is 1. The number of para-hydroxylation sites is 1. The predicted molar refractivity (Wildman–Crippen MR) is 141 cm³/mol. The molecular formula is C28H26F2N6O2. The molecule has 0 saturated heterocycles. The first kappa shape index (κ1) is 26.4. The van der Waals surface area contributed by atoms with Crippen molar-refractivity contribution in [3.8, 4) is 12.3 Å². The highest BCUT2D eigenvalue weighted by atomic mass is 19.1. The van der Waals surface area contributed by atoms with Crippen LogP contribution in [0.25, 0.3) is 11.0 Å². The van der Waals surface area contributed by atoms with Gasteiger partial charge in [0.2, 0.25) is 0 Å². The summed E-state index contributed by atoms with van der Waals surface area (Å²) in [4.78, 5) is 37.4. The molecule has 0 fully saturated rings. The van der Waals surface area contributed by atoms with Crippen LogP contribution in [0.5, 0.6) is 0 Å². The molecule has 0 radical (unpaired) electrons. The van der Waals surface area contributed by atoms with Gasteiger partial charge in [-0.1, -0.05) is 24.3 Å². The van der Waals surface area contributed by atoms with Gasteiger partial charge in [-0.05, 0) is 55.8 Å². The average molecular weight is 517 g/mol. The second kappa shape index (κ2) is 11.6.